The summed E-state index contributed by atoms with van der Waals surface area (Å²) < 4.78 is 0. The summed E-state index contributed by atoms with van der Waals surface area (Å²) in [7, 11) is 0. The average molecular weight is 338 g/mol. The van der Waals surface area contributed by atoms with Crippen LogP contribution in [0, 0.1) is 5.92 Å². The Balaban J connectivity index is 1.28. The molecule has 0 unspecified atom stereocenters. The molecular formula is C22H31N3. The van der Waals surface area contributed by atoms with Gasteiger partial charge in [-0.3, -0.25) is 4.90 Å². The Kier molecular flexibility index (Phi) is 5.53. The third-order valence-corrected chi connectivity index (χ3v) is 6.03. The molecule has 2 heterocycles. The number of piperidine rings is 1. The number of rotatable bonds is 5. The van der Waals surface area contributed by atoms with E-state index in [4.69, 9.17) is 0 Å². The highest BCUT2D eigenvalue weighted by Crippen LogP contribution is 2.27. The molecule has 3 nitrogen and oxygen atoms in total. The Labute approximate surface area is 152 Å². The van der Waals surface area contributed by atoms with Gasteiger partial charge in [0.15, 0.2) is 0 Å². The summed E-state index contributed by atoms with van der Waals surface area (Å²) in [5.41, 5.74) is 1.41. The Morgan fingerprint density at radius 3 is 2.48 bits per heavy atom. The van der Waals surface area contributed by atoms with E-state index >= 15 is 0 Å². The van der Waals surface area contributed by atoms with Crippen molar-refractivity contribution in [3.63, 3.8) is 0 Å². The molecule has 3 heteroatoms. The van der Waals surface area contributed by atoms with Gasteiger partial charge in [0.1, 0.15) is 0 Å². The Hall–Kier alpha value is -1.58. The van der Waals surface area contributed by atoms with Crippen LogP contribution in [0.25, 0.3) is 10.8 Å². The van der Waals surface area contributed by atoms with E-state index in [1.54, 1.807) is 0 Å². The number of piperazine rings is 1. The Morgan fingerprint density at radius 2 is 1.64 bits per heavy atom. The number of anilines is 1. The molecule has 2 aliphatic heterocycles. The first kappa shape index (κ1) is 16.9. The van der Waals surface area contributed by atoms with Crippen LogP contribution in [0.2, 0.25) is 0 Å². The average Bonchev–Trinajstić information content (AvgIpc) is 2.69. The van der Waals surface area contributed by atoms with E-state index in [-0.39, 0.29) is 0 Å². The first-order chi connectivity index (χ1) is 12.4. The molecule has 0 spiro atoms. The van der Waals surface area contributed by atoms with Crippen molar-refractivity contribution >= 4 is 16.5 Å². The van der Waals surface area contributed by atoms with Crippen LogP contribution in [-0.4, -0.2) is 50.7 Å². The molecule has 25 heavy (non-hydrogen) atoms. The largest absolute Gasteiger partial charge is 0.368 e. The molecule has 0 bridgehead atoms. The number of nitrogens with zero attached hydrogens (tertiary/aromatic N) is 2. The van der Waals surface area contributed by atoms with Crippen LogP contribution >= 0.6 is 0 Å². The summed E-state index contributed by atoms with van der Waals surface area (Å²) in [4.78, 5) is 5.24. The maximum atomic E-state index is 3.47. The second-order valence-corrected chi connectivity index (χ2v) is 7.66. The van der Waals surface area contributed by atoms with Gasteiger partial charge in [-0.1, -0.05) is 36.4 Å². The van der Waals surface area contributed by atoms with E-state index in [0.717, 1.165) is 19.0 Å². The summed E-state index contributed by atoms with van der Waals surface area (Å²) in [5, 5.41) is 6.22. The van der Waals surface area contributed by atoms with Crippen molar-refractivity contribution in [3.05, 3.63) is 42.5 Å². The third-order valence-electron chi connectivity index (χ3n) is 6.03. The number of fused-ring (bicyclic) bond motifs is 1. The summed E-state index contributed by atoms with van der Waals surface area (Å²) in [6.45, 7) is 8.46. The summed E-state index contributed by atoms with van der Waals surface area (Å²) in [5.74, 6) is 0.971. The van der Waals surface area contributed by atoms with Crippen molar-refractivity contribution in [1.29, 1.82) is 0 Å². The lowest BCUT2D eigenvalue weighted by molar-refractivity contribution is 0.239. The van der Waals surface area contributed by atoms with Gasteiger partial charge in [-0.25, -0.2) is 0 Å². The molecular weight excluding hydrogens is 306 g/mol. The molecule has 2 aromatic rings. The Morgan fingerprint density at radius 1 is 0.880 bits per heavy atom. The first-order valence-corrected chi connectivity index (χ1v) is 10.1. The van der Waals surface area contributed by atoms with Crippen molar-refractivity contribution < 1.29 is 0 Å². The molecule has 0 atom stereocenters. The molecule has 4 rings (SSSR count). The highest BCUT2D eigenvalue weighted by atomic mass is 15.3. The first-order valence-electron chi connectivity index (χ1n) is 10.1. The molecule has 134 valence electrons. The molecule has 0 aliphatic carbocycles. The van der Waals surface area contributed by atoms with Gasteiger partial charge in [0, 0.05) is 37.3 Å². The minimum atomic E-state index is 0.971. The zero-order chi connectivity index (χ0) is 16.9. The van der Waals surface area contributed by atoms with Crippen molar-refractivity contribution in [3.8, 4) is 0 Å². The molecule has 2 aromatic carbocycles. The minimum Gasteiger partial charge on any atom is -0.368 e. The molecule has 2 fully saturated rings. The zero-order valence-electron chi connectivity index (χ0n) is 15.3. The summed E-state index contributed by atoms with van der Waals surface area (Å²) in [6, 6.07) is 15.5. The maximum Gasteiger partial charge on any atom is 0.0446 e. The quantitative estimate of drug-likeness (QED) is 0.896. The Bertz CT molecular complexity index is 665. The number of hydrogen-bond donors (Lipinski definition) is 1. The second-order valence-electron chi connectivity index (χ2n) is 7.66. The monoisotopic (exact) mass is 337 g/mol. The van der Waals surface area contributed by atoms with Crippen LogP contribution in [0.3, 0.4) is 0 Å². The highest BCUT2D eigenvalue weighted by molar-refractivity contribution is 5.94. The molecule has 2 aliphatic rings. The van der Waals surface area contributed by atoms with Gasteiger partial charge >= 0.3 is 0 Å². The highest BCUT2D eigenvalue weighted by Gasteiger charge is 2.19. The predicted octanol–water partition coefficient (Wildman–Crippen LogP) is 3.74. The topological polar surface area (TPSA) is 18.5 Å². The molecule has 1 N–H and O–H groups in total. The maximum absolute atomic E-state index is 3.47. The fraction of sp³-hybridized carbons (Fsp3) is 0.545. The zero-order valence-corrected chi connectivity index (χ0v) is 15.3. The van der Waals surface area contributed by atoms with E-state index in [1.165, 1.54) is 74.9 Å². The van der Waals surface area contributed by atoms with Gasteiger partial charge in [0.25, 0.3) is 0 Å². The van der Waals surface area contributed by atoms with Crippen LogP contribution < -0.4 is 10.2 Å². The number of nitrogens with one attached hydrogen (secondary N) is 1. The van der Waals surface area contributed by atoms with Crippen molar-refractivity contribution in [2.24, 2.45) is 5.92 Å². The number of benzene rings is 2. The molecule has 0 aromatic heterocycles. The van der Waals surface area contributed by atoms with Gasteiger partial charge in [0.2, 0.25) is 0 Å². The lowest BCUT2D eigenvalue weighted by Gasteiger charge is -2.37. The lowest BCUT2D eigenvalue weighted by atomic mass is 9.93. The van der Waals surface area contributed by atoms with E-state index in [2.05, 4.69) is 57.6 Å². The van der Waals surface area contributed by atoms with E-state index in [1.807, 2.05) is 0 Å². The van der Waals surface area contributed by atoms with E-state index in [0.29, 0.717) is 0 Å². The van der Waals surface area contributed by atoms with Crippen molar-refractivity contribution in [1.82, 2.24) is 10.2 Å². The van der Waals surface area contributed by atoms with Crippen LogP contribution in [0.5, 0.6) is 0 Å². The standard InChI is InChI=1S/C22H31N3/c1-2-8-21-20(6-1)7-3-9-22(21)25-17-15-24(16-18-25)14-4-5-19-10-12-23-13-11-19/h1-3,6-9,19,23H,4-5,10-18H2. The SMILES string of the molecule is c1ccc2c(N3CCN(CCCC4CCNCC4)CC3)cccc2c1. The molecule has 0 saturated carbocycles. The van der Waals surface area contributed by atoms with E-state index in [9.17, 15) is 0 Å². The van der Waals surface area contributed by atoms with Gasteiger partial charge in [-0.05, 0) is 62.7 Å². The fourth-order valence-corrected chi connectivity index (χ4v) is 4.47. The summed E-state index contributed by atoms with van der Waals surface area (Å²) in [6.07, 6.45) is 5.56. The van der Waals surface area contributed by atoms with E-state index < -0.39 is 0 Å². The lowest BCUT2D eigenvalue weighted by Crippen LogP contribution is -2.46. The smallest absolute Gasteiger partial charge is 0.0446 e. The van der Waals surface area contributed by atoms with Gasteiger partial charge in [-0.2, -0.15) is 0 Å². The normalized spacial score (nSPS) is 20.2. The van der Waals surface area contributed by atoms with Crippen molar-refractivity contribution in [2.75, 3.05) is 50.7 Å². The van der Waals surface area contributed by atoms with Crippen LogP contribution in [0.15, 0.2) is 42.5 Å². The van der Waals surface area contributed by atoms with Crippen molar-refractivity contribution in [2.45, 2.75) is 25.7 Å². The van der Waals surface area contributed by atoms with Crippen LogP contribution in [-0.2, 0) is 0 Å². The summed E-state index contributed by atoms with van der Waals surface area (Å²) >= 11 is 0. The fourth-order valence-electron chi connectivity index (χ4n) is 4.47. The van der Waals surface area contributed by atoms with Crippen LogP contribution in [0.1, 0.15) is 25.7 Å². The molecule has 2 saturated heterocycles. The second kappa shape index (κ2) is 8.20. The third kappa shape index (κ3) is 4.16. The van der Waals surface area contributed by atoms with Gasteiger partial charge < -0.3 is 10.2 Å². The molecule has 0 amide bonds. The van der Waals surface area contributed by atoms with Gasteiger partial charge in [0.05, 0.1) is 0 Å². The predicted molar refractivity (Wildman–Crippen MR) is 107 cm³/mol. The molecule has 0 radical (unpaired) electrons. The van der Waals surface area contributed by atoms with Crippen LogP contribution in [0.4, 0.5) is 5.69 Å². The van der Waals surface area contributed by atoms with Gasteiger partial charge in [-0.15, -0.1) is 0 Å². The minimum absolute atomic E-state index is 0.971. The number of hydrogen-bond acceptors (Lipinski definition) is 3.